The first-order valence-electron chi connectivity index (χ1n) is 12.9. The van der Waals surface area contributed by atoms with Gasteiger partial charge < -0.3 is 9.13 Å². The monoisotopic (exact) mass is 490 g/mol. The molecule has 182 valence electrons. The van der Waals surface area contributed by atoms with Gasteiger partial charge in [0.1, 0.15) is 5.82 Å². The van der Waals surface area contributed by atoms with E-state index in [9.17, 15) is 0 Å². The van der Waals surface area contributed by atoms with E-state index in [1.54, 1.807) is 0 Å². The number of hydrogen-bond donors (Lipinski definition) is 0. The Kier molecular flexibility index (Phi) is 5.56. The van der Waals surface area contributed by atoms with Crippen molar-refractivity contribution in [2.24, 2.45) is 0 Å². The fraction of sp³-hybridized carbons (Fsp3) is 0.0588. The SMILES string of the molecule is c1ccc(Cn2cnc3cc(-c4nc5ccc(-c6ccccc6)cc5n4Cc4ccccc4)ccc32)cc1. The van der Waals surface area contributed by atoms with E-state index < -0.39 is 0 Å². The van der Waals surface area contributed by atoms with Gasteiger partial charge in [-0.3, -0.25) is 0 Å². The first-order chi connectivity index (χ1) is 18.8. The van der Waals surface area contributed by atoms with E-state index >= 15 is 0 Å². The topological polar surface area (TPSA) is 35.6 Å². The molecule has 2 heterocycles. The minimum absolute atomic E-state index is 0.741. The normalized spacial score (nSPS) is 11.4. The highest BCUT2D eigenvalue weighted by Crippen LogP contribution is 2.31. The van der Waals surface area contributed by atoms with Crippen LogP contribution < -0.4 is 0 Å². The van der Waals surface area contributed by atoms with Crippen LogP contribution in [-0.2, 0) is 13.1 Å². The Morgan fingerprint density at radius 2 is 1.16 bits per heavy atom. The van der Waals surface area contributed by atoms with Gasteiger partial charge in [0, 0.05) is 18.7 Å². The minimum Gasteiger partial charge on any atom is -0.326 e. The molecule has 0 unspecified atom stereocenters. The maximum absolute atomic E-state index is 5.12. The maximum atomic E-state index is 5.12. The Balaban J connectivity index is 1.34. The summed E-state index contributed by atoms with van der Waals surface area (Å²) in [4.78, 5) is 9.87. The lowest BCUT2D eigenvalue weighted by atomic mass is 10.1. The Hall–Kier alpha value is -4.96. The third-order valence-corrected chi connectivity index (χ3v) is 7.11. The molecule has 0 N–H and O–H groups in total. The molecule has 0 spiro atoms. The van der Waals surface area contributed by atoms with Crippen molar-refractivity contribution in [2.45, 2.75) is 13.1 Å². The van der Waals surface area contributed by atoms with Crippen LogP contribution in [0.3, 0.4) is 0 Å². The lowest BCUT2D eigenvalue weighted by Crippen LogP contribution is -2.02. The molecule has 0 amide bonds. The van der Waals surface area contributed by atoms with E-state index in [-0.39, 0.29) is 0 Å². The fourth-order valence-corrected chi connectivity index (χ4v) is 5.19. The van der Waals surface area contributed by atoms with Gasteiger partial charge in [-0.25, -0.2) is 9.97 Å². The molecule has 0 fully saturated rings. The molecule has 0 bridgehead atoms. The largest absolute Gasteiger partial charge is 0.326 e. The third-order valence-electron chi connectivity index (χ3n) is 7.11. The van der Waals surface area contributed by atoms with E-state index in [2.05, 4.69) is 130 Å². The summed E-state index contributed by atoms with van der Waals surface area (Å²) in [6, 6.07) is 44.7. The van der Waals surface area contributed by atoms with Crippen molar-refractivity contribution >= 4 is 22.1 Å². The van der Waals surface area contributed by atoms with Gasteiger partial charge in [0.2, 0.25) is 0 Å². The first kappa shape index (κ1) is 22.3. The summed E-state index contributed by atoms with van der Waals surface area (Å²) in [5, 5.41) is 0. The number of nitrogens with zero attached hydrogens (tertiary/aromatic N) is 4. The van der Waals surface area contributed by atoms with Crippen molar-refractivity contribution < 1.29 is 0 Å². The quantitative estimate of drug-likeness (QED) is 0.238. The van der Waals surface area contributed by atoms with Crippen LogP contribution in [-0.4, -0.2) is 19.1 Å². The number of aromatic nitrogens is 4. The number of benzene rings is 5. The Morgan fingerprint density at radius 3 is 1.89 bits per heavy atom. The highest BCUT2D eigenvalue weighted by atomic mass is 15.1. The van der Waals surface area contributed by atoms with Gasteiger partial charge in [-0.15, -0.1) is 0 Å². The van der Waals surface area contributed by atoms with E-state index in [4.69, 9.17) is 9.97 Å². The van der Waals surface area contributed by atoms with Crippen molar-refractivity contribution in [3.05, 3.63) is 145 Å². The Morgan fingerprint density at radius 1 is 0.500 bits per heavy atom. The lowest BCUT2D eigenvalue weighted by Gasteiger charge is -2.11. The van der Waals surface area contributed by atoms with E-state index in [0.29, 0.717) is 0 Å². The van der Waals surface area contributed by atoms with Gasteiger partial charge in [-0.1, -0.05) is 97.1 Å². The summed E-state index contributed by atoms with van der Waals surface area (Å²) in [7, 11) is 0. The zero-order valence-corrected chi connectivity index (χ0v) is 20.9. The van der Waals surface area contributed by atoms with Crippen molar-refractivity contribution in [1.29, 1.82) is 0 Å². The molecule has 4 nitrogen and oxygen atoms in total. The van der Waals surface area contributed by atoms with Crippen LogP contribution >= 0.6 is 0 Å². The third kappa shape index (κ3) is 4.16. The van der Waals surface area contributed by atoms with Crippen molar-refractivity contribution in [3.63, 3.8) is 0 Å². The molecule has 0 saturated carbocycles. The molecular formula is C34H26N4. The molecule has 7 rings (SSSR count). The van der Waals surface area contributed by atoms with Crippen LogP contribution in [0, 0.1) is 0 Å². The number of hydrogen-bond acceptors (Lipinski definition) is 2. The first-order valence-corrected chi connectivity index (χ1v) is 12.9. The number of fused-ring (bicyclic) bond motifs is 2. The van der Waals surface area contributed by atoms with Gasteiger partial charge in [-0.05, 0) is 52.6 Å². The smallest absolute Gasteiger partial charge is 0.141 e. The lowest BCUT2D eigenvalue weighted by molar-refractivity contribution is 0.824. The molecule has 5 aromatic carbocycles. The van der Waals surface area contributed by atoms with Gasteiger partial charge in [0.05, 0.1) is 28.4 Å². The molecular weight excluding hydrogens is 464 g/mol. The summed E-state index contributed by atoms with van der Waals surface area (Å²) in [5.74, 6) is 0.952. The second-order valence-electron chi connectivity index (χ2n) is 9.64. The van der Waals surface area contributed by atoms with E-state index in [0.717, 1.165) is 46.5 Å². The predicted octanol–water partition coefficient (Wildman–Crippen LogP) is 7.82. The summed E-state index contributed by atoms with van der Waals surface area (Å²) >= 11 is 0. The average Bonchev–Trinajstić information content (AvgIpc) is 3.55. The zero-order chi connectivity index (χ0) is 25.3. The van der Waals surface area contributed by atoms with Gasteiger partial charge in [0.15, 0.2) is 0 Å². The summed E-state index contributed by atoms with van der Waals surface area (Å²) in [5.41, 5.74) is 10.2. The maximum Gasteiger partial charge on any atom is 0.141 e. The Labute approximate surface area is 221 Å². The Bertz CT molecular complexity index is 1850. The average molecular weight is 491 g/mol. The zero-order valence-electron chi connectivity index (χ0n) is 20.9. The van der Waals surface area contributed by atoms with Gasteiger partial charge in [0.25, 0.3) is 0 Å². The van der Waals surface area contributed by atoms with Crippen LogP contribution in [0.1, 0.15) is 11.1 Å². The molecule has 7 aromatic rings. The molecule has 0 saturated heterocycles. The van der Waals surface area contributed by atoms with Crippen molar-refractivity contribution in [2.75, 3.05) is 0 Å². The second-order valence-corrected chi connectivity index (χ2v) is 9.64. The minimum atomic E-state index is 0.741. The molecule has 2 aromatic heterocycles. The van der Waals surface area contributed by atoms with Crippen molar-refractivity contribution in [1.82, 2.24) is 19.1 Å². The molecule has 4 heteroatoms. The van der Waals surface area contributed by atoms with Crippen LogP contribution in [0.25, 0.3) is 44.6 Å². The molecule has 38 heavy (non-hydrogen) atoms. The molecule has 0 atom stereocenters. The van der Waals surface area contributed by atoms with Crippen LogP contribution in [0.2, 0.25) is 0 Å². The van der Waals surface area contributed by atoms with Crippen LogP contribution in [0.15, 0.2) is 134 Å². The standard InChI is InChI=1S/C34H26N4/c1-4-10-25(11-5-1)22-37-24-35-31-20-29(17-19-32(31)37)34-36-30-18-16-28(27-14-8-3-9-15-27)21-33(30)38(34)23-26-12-6-2-7-13-26/h1-21,24H,22-23H2. The van der Waals surface area contributed by atoms with E-state index in [1.165, 1.54) is 22.3 Å². The summed E-state index contributed by atoms with van der Waals surface area (Å²) in [6.45, 7) is 1.54. The second kappa shape index (κ2) is 9.49. The number of rotatable bonds is 6. The molecule has 0 aliphatic heterocycles. The van der Waals surface area contributed by atoms with Crippen LogP contribution in [0.4, 0.5) is 0 Å². The molecule has 0 aliphatic rings. The summed E-state index contributed by atoms with van der Waals surface area (Å²) < 4.78 is 4.53. The van der Waals surface area contributed by atoms with Gasteiger partial charge in [-0.2, -0.15) is 0 Å². The summed E-state index contributed by atoms with van der Waals surface area (Å²) in [6.07, 6.45) is 1.93. The fourth-order valence-electron chi connectivity index (χ4n) is 5.19. The number of imidazole rings is 2. The predicted molar refractivity (Wildman–Crippen MR) is 155 cm³/mol. The van der Waals surface area contributed by atoms with Gasteiger partial charge >= 0.3 is 0 Å². The van der Waals surface area contributed by atoms with Crippen LogP contribution in [0.5, 0.6) is 0 Å². The molecule has 0 radical (unpaired) electrons. The molecule has 0 aliphatic carbocycles. The highest BCUT2D eigenvalue weighted by molar-refractivity contribution is 5.87. The van der Waals surface area contributed by atoms with Crippen molar-refractivity contribution in [3.8, 4) is 22.5 Å². The highest BCUT2D eigenvalue weighted by Gasteiger charge is 2.16. The van der Waals surface area contributed by atoms with E-state index in [1.807, 2.05) is 12.4 Å².